The van der Waals surface area contributed by atoms with Crippen LogP contribution in [-0.2, 0) is 4.79 Å². The van der Waals surface area contributed by atoms with Crippen molar-refractivity contribution >= 4 is 22.8 Å². The van der Waals surface area contributed by atoms with Crippen LogP contribution in [0.4, 0.5) is 0 Å². The first-order chi connectivity index (χ1) is 9.50. The lowest BCUT2D eigenvalue weighted by molar-refractivity contribution is -0.112. The van der Waals surface area contributed by atoms with Crippen molar-refractivity contribution in [3.63, 3.8) is 0 Å². The smallest absolute Gasteiger partial charge is 0.310 e. The van der Waals surface area contributed by atoms with E-state index in [4.69, 9.17) is 0 Å². The lowest BCUT2D eigenvalue weighted by Crippen LogP contribution is -2.22. The molecule has 102 valence electrons. The molecule has 0 bridgehead atoms. The second-order valence-electron chi connectivity index (χ2n) is 4.79. The van der Waals surface area contributed by atoms with Gasteiger partial charge in [-0.05, 0) is 19.9 Å². The molecular weight excluding hydrogens is 276 g/mol. The molecule has 0 fully saturated rings. The molecule has 0 saturated carbocycles. The molecule has 0 aliphatic carbocycles. The topological polar surface area (TPSA) is 71.7 Å². The predicted molar refractivity (Wildman–Crippen MR) is 75.4 cm³/mol. The van der Waals surface area contributed by atoms with Crippen molar-refractivity contribution in [2.24, 2.45) is 4.99 Å². The Labute approximate surface area is 118 Å². The quantitative estimate of drug-likeness (QED) is 0.877. The highest BCUT2D eigenvalue weighted by atomic mass is 32.1. The third-order valence-corrected chi connectivity index (χ3v) is 4.13. The van der Waals surface area contributed by atoms with Gasteiger partial charge in [0.1, 0.15) is 4.88 Å². The van der Waals surface area contributed by atoms with E-state index in [2.05, 4.69) is 4.99 Å². The summed E-state index contributed by atoms with van der Waals surface area (Å²) in [6.07, 6.45) is 0. The first-order valence-corrected chi connectivity index (χ1v) is 6.99. The number of para-hydroxylation sites is 1. The summed E-state index contributed by atoms with van der Waals surface area (Å²) >= 11 is 0.873. The maximum Gasteiger partial charge on any atom is 0.310 e. The molecular formula is C14H12N2O3S. The molecule has 0 spiro atoms. The summed E-state index contributed by atoms with van der Waals surface area (Å²) in [5.41, 5.74) is 0.305. The Morgan fingerprint density at radius 2 is 1.95 bits per heavy atom. The van der Waals surface area contributed by atoms with Crippen LogP contribution in [-0.4, -0.2) is 15.6 Å². The van der Waals surface area contributed by atoms with Crippen molar-refractivity contribution in [1.29, 1.82) is 0 Å². The number of amides is 1. The maximum atomic E-state index is 12.1. The monoisotopic (exact) mass is 288 g/mol. The summed E-state index contributed by atoms with van der Waals surface area (Å²) in [6.45, 7) is 3.61. The van der Waals surface area contributed by atoms with Gasteiger partial charge in [0.2, 0.25) is 5.88 Å². The second kappa shape index (κ2) is 4.42. The number of aromatic hydroxyl groups is 1. The van der Waals surface area contributed by atoms with Gasteiger partial charge in [0.25, 0.3) is 5.91 Å². The number of aromatic nitrogens is 1. The van der Waals surface area contributed by atoms with Gasteiger partial charge in [-0.15, -0.1) is 0 Å². The van der Waals surface area contributed by atoms with Crippen LogP contribution in [0.1, 0.15) is 24.8 Å². The number of fused-ring (bicyclic) bond motifs is 1. The molecule has 0 unspecified atom stereocenters. The van der Waals surface area contributed by atoms with Gasteiger partial charge >= 0.3 is 4.87 Å². The minimum absolute atomic E-state index is 0.162. The molecule has 1 aliphatic heterocycles. The van der Waals surface area contributed by atoms with E-state index in [-0.39, 0.29) is 16.8 Å². The number of benzene rings is 1. The van der Waals surface area contributed by atoms with E-state index in [1.54, 1.807) is 38.1 Å². The normalized spacial score (nSPS) is 13.8. The Bertz CT molecular complexity index is 890. The molecule has 1 aromatic carbocycles. The summed E-state index contributed by atoms with van der Waals surface area (Å²) in [6, 6.07) is 6.92. The third kappa shape index (κ3) is 1.72. The van der Waals surface area contributed by atoms with E-state index in [1.165, 1.54) is 4.57 Å². The van der Waals surface area contributed by atoms with Crippen molar-refractivity contribution in [2.75, 3.05) is 0 Å². The molecule has 1 aliphatic rings. The molecule has 3 rings (SSSR count). The lowest BCUT2D eigenvalue weighted by atomic mass is 10.1. The number of carbonyl (C=O) groups excluding carboxylic acids is 1. The molecule has 0 radical (unpaired) electrons. The fraction of sp³-hybridized carbons (Fsp3) is 0.214. The zero-order valence-corrected chi connectivity index (χ0v) is 11.8. The molecule has 1 aromatic heterocycles. The largest absolute Gasteiger partial charge is 0.493 e. The van der Waals surface area contributed by atoms with Crippen molar-refractivity contribution in [2.45, 2.75) is 19.9 Å². The first kappa shape index (κ1) is 12.8. The van der Waals surface area contributed by atoms with Crippen LogP contribution in [0.2, 0.25) is 0 Å². The van der Waals surface area contributed by atoms with Crippen LogP contribution in [0.25, 0.3) is 5.57 Å². The number of rotatable bonds is 2. The van der Waals surface area contributed by atoms with E-state index in [1.807, 2.05) is 0 Å². The van der Waals surface area contributed by atoms with Crippen molar-refractivity contribution < 1.29 is 9.90 Å². The van der Waals surface area contributed by atoms with Crippen LogP contribution in [0.3, 0.4) is 0 Å². The summed E-state index contributed by atoms with van der Waals surface area (Å²) in [5, 5.41) is 11.5. The van der Waals surface area contributed by atoms with Crippen LogP contribution in [0.5, 0.6) is 5.88 Å². The van der Waals surface area contributed by atoms with Crippen LogP contribution < -0.4 is 15.4 Å². The number of nitrogens with zero attached hydrogens (tertiary/aromatic N) is 2. The van der Waals surface area contributed by atoms with E-state index in [9.17, 15) is 14.7 Å². The van der Waals surface area contributed by atoms with Gasteiger partial charge in [0.05, 0.1) is 10.9 Å². The molecule has 2 aromatic rings. The van der Waals surface area contributed by atoms with Crippen molar-refractivity contribution in [3.05, 3.63) is 49.4 Å². The average Bonchev–Trinajstić information content (AvgIpc) is 2.85. The molecule has 5 nitrogen and oxygen atoms in total. The Hall–Kier alpha value is -2.21. The highest BCUT2D eigenvalue weighted by Gasteiger charge is 2.26. The lowest BCUT2D eigenvalue weighted by Gasteiger charge is -2.07. The second-order valence-corrected chi connectivity index (χ2v) is 5.76. The van der Waals surface area contributed by atoms with E-state index < -0.39 is 5.91 Å². The molecule has 6 heteroatoms. The standard InChI is InChI=1S/C14H12N2O3S/c1-7(2)16-13(18)11(20-14(16)19)10-8-5-3-4-6-9(8)15-12(10)17/h3-7,18H,1-2H3. The summed E-state index contributed by atoms with van der Waals surface area (Å²) in [5.74, 6) is -0.580. The third-order valence-electron chi connectivity index (χ3n) is 3.17. The predicted octanol–water partition coefficient (Wildman–Crippen LogP) is 0.555. The highest BCUT2D eigenvalue weighted by Crippen LogP contribution is 2.29. The molecule has 2 heterocycles. The van der Waals surface area contributed by atoms with E-state index in [0.717, 1.165) is 11.3 Å². The minimum atomic E-state index is -0.418. The van der Waals surface area contributed by atoms with Gasteiger partial charge in [-0.3, -0.25) is 14.2 Å². The Balaban J connectivity index is 2.37. The average molecular weight is 288 g/mol. The Morgan fingerprint density at radius 1 is 1.25 bits per heavy atom. The zero-order valence-electron chi connectivity index (χ0n) is 11.0. The van der Waals surface area contributed by atoms with Gasteiger partial charge < -0.3 is 5.11 Å². The highest BCUT2D eigenvalue weighted by molar-refractivity contribution is 7.11. The molecule has 0 atom stereocenters. The fourth-order valence-corrected chi connectivity index (χ4v) is 3.34. The van der Waals surface area contributed by atoms with Crippen LogP contribution >= 0.6 is 11.3 Å². The van der Waals surface area contributed by atoms with Crippen molar-refractivity contribution in [3.8, 4) is 5.88 Å². The molecule has 0 saturated heterocycles. The van der Waals surface area contributed by atoms with Gasteiger partial charge in [0.15, 0.2) is 0 Å². The van der Waals surface area contributed by atoms with Gasteiger partial charge in [-0.25, -0.2) is 4.99 Å². The Kier molecular flexibility index (Phi) is 2.83. The van der Waals surface area contributed by atoms with Gasteiger partial charge in [-0.1, -0.05) is 29.5 Å². The maximum absolute atomic E-state index is 12.1. The number of carbonyl (C=O) groups is 1. The number of thiazole rings is 1. The molecule has 20 heavy (non-hydrogen) atoms. The Morgan fingerprint density at radius 3 is 2.60 bits per heavy atom. The van der Waals surface area contributed by atoms with Crippen LogP contribution in [0, 0.1) is 0 Å². The zero-order chi connectivity index (χ0) is 14.4. The fourth-order valence-electron chi connectivity index (χ4n) is 2.28. The number of hydrogen-bond donors (Lipinski definition) is 1. The molecule has 1 N–H and O–H groups in total. The van der Waals surface area contributed by atoms with E-state index >= 15 is 0 Å². The van der Waals surface area contributed by atoms with Crippen LogP contribution in [0.15, 0.2) is 34.1 Å². The van der Waals surface area contributed by atoms with Crippen molar-refractivity contribution in [1.82, 2.24) is 4.57 Å². The molecule has 1 amide bonds. The summed E-state index contributed by atoms with van der Waals surface area (Å²) < 4.78 is 1.28. The summed E-state index contributed by atoms with van der Waals surface area (Å²) in [4.78, 5) is 28.0. The van der Waals surface area contributed by atoms with Gasteiger partial charge in [0, 0.05) is 11.3 Å². The van der Waals surface area contributed by atoms with Gasteiger partial charge in [-0.2, -0.15) is 0 Å². The van der Waals surface area contributed by atoms with E-state index in [0.29, 0.717) is 21.0 Å². The summed E-state index contributed by atoms with van der Waals surface area (Å²) in [7, 11) is 0. The number of hydrogen-bond acceptors (Lipinski definition) is 4. The SMILES string of the molecule is CC(C)n1c(O)c(C2=c3ccccc3=NC2=O)sc1=O. The minimum Gasteiger partial charge on any atom is -0.493 e. The first-order valence-electron chi connectivity index (χ1n) is 6.17.